The Morgan fingerprint density at radius 3 is 2.70 bits per heavy atom. The highest BCUT2D eigenvalue weighted by molar-refractivity contribution is 5.44. The van der Waals surface area contributed by atoms with E-state index in [0.717, 1.165) is 16.9 Å². The Balaban J connectivity index is 2.57. The number of rotatable bonds is 7. The zero-order chi connectivity index (χ0) is 14.8. The summed E-state index contributed by atoms with van der Waals surface area (Å²) in [4.78, 5) is 0. The minimum Gasteiger partial charge on any atom is -0.496 e. The first-order valence-electron chi connectivity index (χ1n) is 6.72. The highest BCUT2D eigenvalue weighted by atomic mass is 16.5. The van der Waals surface area contributed by atoms with E-state index in [1.54, 1.807) is 7.11 Å². The Morgan fingerprint density at radius 2 is 2.05 bits per heavy atom. The van der Waals surface area contributed by atoms with Crippen molar-refractivity contribution in [2.24, 2.45) is 5.73 Å². The second kappa shape index (κ2) is 9.38. The summed E-state index contributed by atoms with van der Waals surface area (Å²) in [7, 11) is 1.64. The van der Waals surface area contributed by atoms with Crippen LogP contribution in [-0.2, 0) is 16.1 Å². The molecule has 4 heteroatoms. The van der Waals surface area contributed by atoms with Gasteiger partial charge in [0.2, 0.25) is 0 Å². The Labute approximate surface area is 121 Å². The molecule has 0 saturated carbocycles. The maximum Gasteiger partial charge on any atom is 0.124 e. The van der Waals surface area contributed by atoms with Gasteiger partial charge in [-0.15, -0.1) is 0 Å². The topological polar surface area (TPSA) is 53.7 Å². The Hall–Kier alpha value is -1.54. The molecule has 0 radical (unpaired) electrons. The number of nitrogens with two attached hydrogens (primary N) is 1. The third-order valence-electron chi connectivity index (χ3n) is 2.55. The van der Waals surface area contributed by atoms with Gasteiger partial charge in [0.15, 0.2) is 0 Å². The summed E-state index contributed by atoms with van der Waals surface area (Å²) in [5.41, 5.74) is 7.25. The lowest BCUT2D eigenvalue weighted by molar-refractivity contribution is 0.0139. The summed E-state index contributed by atoms with van der Waals surface area (Å²) in [6.07, 6.45) is 0.225. The molecule has 4 nitrogen and oxygen atoms in total. The second-order valence-corrected chi connectivity index (χ2v) is 4.50. The normalized spacial score (nSPS) is 10.2. The lowest BCUT2D eigenvalue weighted by Gasteiger charge is -2.11. The van der Waals surface area contributed by atoms with Gasteiger partial charge in [-0.25, -0.2) is 0 Å². The fourth-order valence-electron chi connectivity index (χ4n) is 1.65. The van der Waals surface area contributed by atoms with Crippen LogP contribution < -0.4 is 10.5 Å². The van der Waals surface area contributed by atoms with E-state index in [9.17, 15) is 0 Å². The molecule has 110 valence electrons. The van der Waals surface area contributed by atoms with Crippen molar-refractivity contribution in [3.05, 3.63) is 29.3 Å². The standard InChI is InChI=1S/C16H23NO3/c1-13(2)20-10-9-19-12-15-11-14(5-4-8-17)6-7-16(15)18-3/h6-7,11,13H,8-10,12,17H2,1-3H3. The van der Waals surface area contributed by atoms with E-state index in [1.165, 1.54) is 0 Å². The maximum atomic E-state index is 5.59. The number of hydrogen-bond donors (Lipinski definition) is 1. The zero-order valence-corrected chi connectivity index (χ0v) is 12.4. The molecule has 0 amide bonds. The molecule has 0 aliphatic heterocycles. The monoisotopic (exact) mass is 277 g/mol. The second-order valence-electron chi connectivity index (χ2n) is 4.50. The maximum absolute atomic E-state index is 5.59. The van der Waals surface area contributed by atoms with Crippen molar-refractivity contribution in [1.29, 1.82) is 0 Å². The van der Waals surface area contributed by atoms with Crippen molar-refractivity contribution in [1.82, 2.24) is 0 Å². The average molecular weight is 277 g/mol. The number of hydrogen-bond acceptors (Lipinski definition) is 4. The molecule has 0 unspecified atom stereocenters. The van der Waals surface area contributed by atoms with Crippen molar-refractivity contribution >= 4 is 0 Å². The number of methoxy groups -OCH3 is 1. The van der Waals surface area contributed by atoms with Gasteiger partial charge in [0.1, 0.15) is 5.75 Å². The molecule has 0 aromatic heterocycles. The fourth-order valence-corrected chi connectivity index (χ4v) is 1.65. The van der Waals surface area contributed by atoms with Gasteiger partial charge in [0.25, 0.3) is 0 Å². The molecule has 0 aliphatic carbocycles. The first-order chi connectivity index (χ1) is 9.67. The van der Waals surface area contributed by atoms with Gasteiger partial charge in [0.05, 0.1) is 39.6 Å². The van der Waals surface area contributed by atoms with Gasteiger partial charge in [-0.2, -0.15) is 0 Å². The van der Waals surface area contributed by atoms with Gasteiger partial charge in [0, 0.05) is 11.1 Å². The summed E-state index contributed by atoms with van der Waals surface area (Å²) >= 11 is 0. The van der Waals surface area contributed by atoms with Crippen LogP contribution in [-0.4, -0.2) is 33.0 Å². The molecule has 1 rings (SSSR count). The van der Waals surface area contributed by atoms with Gasteiger partial charge >= 0.3 is 0 Å². The quantitative estimate of drug-likeness (QED) is 0.611. The molecule has 0 bridgehead atoms. The van der Waals surface area contributed by atoms with E-state index in [-0.39, 0.29) is 6.10 Å². The summed E-state index contributed by atoms with van der Waals surface area (Å²) in [6, 6.07) is 5.77. The molecule has 0 atom stereocenters. The lowest BCUT2D eigenvalue weighted by Crippen LogP contribution is -2.09. The molecule has 0 saturated heterocycles. The molecule has 2 N–H and O–H groups in total. The van der Waals surface area contributed by atoms with E-state index in [0.29, 0.717) is 26.4 Å². The first kappa shape index (κ1) is 16.5. The van der Waals surface area contributed by atoms with Gasteiger partial charge in [-0.1, -0.05) is 11.8 Å². The summed E-state index contributed by atoms with van der Waals surface area (Å²) in [5.74, 6) is 6.64. The molecule has 1 aromatic carbocycles. The first-order valence-corrected chi connectivity index (χ1v) is 6.72. The highest BCUT2D eigenvalue weighted by Gasteiger charge is 2.04. The number of benzene rings is 1. The highest BCUT2D eigenvalue weighted by Crippen LogP contribution is 2.20. The fraction of sp³-hybridized carbons (Fsp3) is 0.500. The van der Waals surface area contributed by atoms with Crippen molar-refractivity contribution in [3.8, 4) is 17.6 Å². The summed E-state index contributed by atoms with van der Waals surface area (Å²) in [5, 5.41) is 0. The molecular weight excluding hydrogens is 254 g/mol. The van der Waals surface area contributed by atoms with Crippen LogP contribution in [0.15, 0.2) is 18.2 Å². The van der Waals surface area contributed by atoms with Crippen LogP contribution in [0.1, 0.15) is 25.0 Å². The molecule has 1 aromatic rings. The SMILES string of the molecule is COc1ccc(C#CCN)cc1COCCOC(C)C. The van der Waals surface area contributed by atoms with Gasteiger partial charge in [-0.05, 0) is 32.0 Å². The van der Waals surface area contributed by atoms with E-state index >= 15 is 0 Å². The van der Waals surface area contributed by atoms with Crippen molar-refractivity contribution < 1.29 is 14.2 Å². The van der Waals surface area contributed by atoms with Crippen LogP contribution in [0.25, 0.3) is 0 Å². The smallest absolute Gasteiger partial charge is 0.124 e. The van der Waals surface area contributed by atoms with E-state index < -0.39 is 0 Å². The van der Waals surface area contributed by atoms with Crippen LogP contribution >= 0.6 is 0 Å². The minimum absolute atomic E-state index is 0.225. The third kappa shape index (κ3) is 6.07. The summed E-state index contributed by atoms with van der Waals surface area (Å²) in [6.45, 7) is 5.98. The van der Waals surface area contributed by atoms with Gasteiger partial charge in [-0.3, -0.25) is 0 Å². The average Bonchev–Trinajstić information content (AvgIpc) is 2.44. The van der Waals surface area contributed by atoms with Crippen LogP contribution in [0.5, 0.6) is 5.75 Å². The number of ether oxygens (including phenoxy) is 3. The van der Waals surface area contributed by atoms with Crippen molar-refractivity contribution in [3.63, 3.8) is 0 Å². The predicted molar refractivity (Wildman–Crippen MR) is 79.7 cm³/mol. The molecule has 0 fully saturated rings. The molecular formula is C16H23NO3. The van der Waals surface area contributed by atoms with Crippen LogP contribution in [0, 0.1) is 11.8 Å². The van der Waals surface area contributed by atoms with Gasteiger partial charge < -0.3 is 19.9 Å². The molecule has 0 heterocycles. The zero-order valence-electron chi connectivity index (χ0n) is 12.4. The molecule has 20 heavy (non-hydrogen) atoms. The third-order valence-corrected chi connectivity index (χ3v) is 2.55. The predicted octanol–water partition coefficient (Wildman–Crippen LogP) is 1.95. The minimum atomic E-state index is 0.225. The van der Waals surface area contributed by atoms with E-state index in [1.807, 2.05) is 32.0 Å². The largest absolute Gasteiger partial charge is 0.496 e. The molecule has 0 spiro atoms. The van der Waals surface area contributed by atoms with E-state index in [2.05, 4.69) is 11.8 Å². The van der Waals surface area contributed by atoms with Crippen LogP contribution in [0.4, 0.5) is 0 Å². The lowest BCUT2D eigenvalue weighted by atomic mass is 10.1. The van der Waals surface area contributed by atoms with E-state index in [4.69, 9.17) is 19.9 Å². The van der Waals surface area contributed by atoms with Crippen molar-refractivity contribution in [2.75, 3.05) is 26.9 Å². The van der Waals surface area contributed by atoms with Crippen LogP contribution in [0.2, 0.25) is 0 Å². The molecule has 0 aliphatic rings. The van der Waals surface area contributed by atoms with Crippen LogP contribution in [0.3, 0.4) is 0 Å². The van der Waals surface area contributed by atoms with Crippen molar-refractivity contribution in [2.45, 2.75) is 26.6 Å². The Kier molecular flexibility index (Phi) is 7.74. The Morgan fingerprint density at radius 1 is 1.25 bits per heavy atom. The Bertz CT molecular complexity index is 461. The summed E-state index contributed by atoms with van der Waals surface area (Å²) < 4.78 is 16.3.